The standard InChI is InChI=1S/C29H29N5O3S/c1-17-16-19(37-18-8-5-4-6-9-18)12-13-21(17)34-23-14-15-30-28-24(23)25(32-29(34)36)26(38-28)27(35)31-20-10-7-11-22(20)33(2)3/h4-6,8-9,12-16,20,22H,7,10-11H2,1-3H3,(H,31,35)(H,32,36)/t20?,22-/m1/s1. The van der Waals surface area contributed by atoms with Crippen LogP contribution in [0.15, 0.2) is 60.8 Å². The molecule has 0 spiro atoms. The molecule has 8 nitrogen and oxygen atoms in total. The number of rotatable bonds is 6. The second-order valence-electron chi connectivity index (χ2n) is 9.99. The number of pyridine rings is 1. The first-order valence-electron chi connectivity index (χ1n) is 12.7. The molecule has 2 aromatic carbocycles. The number of aromatic nitrogens is 1. The van der Waals surface area contributed by atoms with Crippen LogP contribution in [0.4, 0.5) is 21.9 Å². The van der Waals surface area contributed by atoms with E-state index in [0.29, 0.717) is 32.9 Å². The zero-order valence-electron chi connectivity index (χ0n) is 21.5. The van der Waals surface area contributed by atoms with E-state index in [0.717, 1.165) is 41.6 Å². The highest BCUT2D eigenvalue weighted by atomic mass is 32.1. The van der Waals surface area contributed by atoms with Gasteiger partial charge in [0.25, 0.3) is 5.91 Å². The van der Waals surface area contributed by atoms with E-state index in [4.69, 9.17) is 4.74 Å². The number of hydrogen-bond donors (Lipinski definition) is 2. The van der Waals surface area contributed by atoms with Crippen LogP contribution < -0.4 is 20.3 Å². The molecule has 1 unspecified atom stereocenters. The number of amides is 3. The van der Waals surface area contributed by atoms with E-state index in [1.807, 2.05) is 75.6 Å². The van der Waals surface area contributed by atoms with Gasteiger partial charge in [0.05, 0.1) is 22.4 Å². The van der Waals surface area contributed by atoms with Crippen LogP contribution in [-0.2, 0) is 0 Å². The van der Waals surface area contributed by atoms with Crippen molar-refractivity contribution in [2.75, 3.05) is 24.3 Å². The molecular weight excluding hydrogens is 498 g/mol. The van der Waals surface area contributed by atoms with E-state index in [9.17, 15) is 9.59 Å². The first-order valence-corrected chi connectivity index (χ1v) is 13.6. The molecule has 9 heteroatoms. The fourth-order valence-electron chi connectivity index (χ4n) is 5.51. The average molecular weight is 528 g/mol. The second kappa shape index (κ2) is 9.74. The van der Waals surface area contributed by atoms with Crippen LogP contribution in [0.1, 0.15) is 34.5 Å². The summed E-state index contributed by atoms with van der Waals surface area (Å²) in [5, 5.41) is 7.00. The zero-order chi connectivity index (χ0) is 26.4. The van der Waals surface area contributed by atoms with Gasteiger partial charge in [-0.25, -0.2) is 9.78 Å². The summed E-state index contributed by atoms with van der Waals surface area (Å²) < 4.78 is 5.97. The van der Waals surface area contributed by atoms with Crippen LogP contribution in [0.3, 0.4) is 0 Å². The number of nitrogens with zero attached hydrogens (tertiary/aromatic N) is 3. The maximum atomic E-state index is 13.5. The number of anilines is 3. The molecule has 2 N–H and O–H groups in total. The topological polar surface area (TPSA) is 86.8 Å². The van der Waals surface area contributed by atoms with Gasteiger partial charge < -0.3 is 20.3 Å². The highest BCUT2D eigenvalue weighted by Gasteiger charge is 2.35. The molecule has 1 fully saturated rings. The van der Waals surface area contributed by atoms with Crippen molar-refractivity contribution in [3.63, 3.8) is 0 Å². The number of carbonyl (C=O) groups excluding carboxylic acids is 2. The molecule has 6 rings (SSSR count). The number of thiophene rings is 1. The molecule has 1 aliphatic heterocycles. The molecule has 3 heterocycles. The molecule has 1 saturated carbocycles. The predicted molar refractivity (Wildman–Crippen MR) is 151 cm³/mol. The third-order valence-corrected chi connectivity index (χ3v) is 8.40. The number of aryl methyl sites for hydroxylation is 1. The average Bonchev–Trinajstić information content (AvgIpc) is 3.51. The number of nitrogens with one attached hydrogen (secondary N) is 2. The number of benzene rings is 2. The van der Waals surface area contributed by atoms with Crippen molar-refractivity contribution < 1.29 is 14.3 Å². The van der Waals surface area contributed by atoms with Crippen molar-refractivity contribution in [1.82, 2.24) is 15.2 Å². The first-order chi connectivity index (χ1) is 18.4. The lowest BCUT2D eigenvalue weighted by Crippen LogP contribution is -2.46. The maximum Gasteiger partial charge on any atom is 0.331 e. The normalized spacial score (nSPS) is 18.6. The second-order valence-corrected chi connectivity index (χ2v) is 11.0. The number of hydrogen-bond acceptors (Lipinski definition) is 6. The molecular formula is C29H29N5O3S. The van der Waals surface area contributed by atoms with Gasteiger partial charge in [-0.3, -0.25) is 9.69 Å². The Morgan fingerprint density at radius 1 is 1.11 bits per heavy atom. The van der Waals surface area contributed by atoms with Crippen molar-refractivity contribution >= 4 is 50.6 Å². The van der Waals surface area contributed by atoms with E-state index in [1.165, 1.54) is 11.3 Å². The Labute approximate surface area is 225 Å². The molecule has 2 atom stereocenters. The van der Waals surface area contributed by atoms with Crippen LogP contribution in [0.2, 0.25) is 0 Å². The molecule has 194 valence electrons. The molecule has 38 heavy (non-hydrogen) atoms. The summed E-state index contributed by atoms with van der Waals surface area (Å²) in [5.41, 5.74) is 2.85. The van der Waals surface area contributed by atoms with Gasteiger partial charge in [0.2, 0.25) is 0 Å². The lowest BCUT2D eigenvalue weighted by molar-refractivity contribution is 0.0924. The summed E-state index contributed by atoms with van der Waals surface area (Å²) in [6.07, 6.45) is 4.77. The SMILES string of the molecule is Cc1cc(Oc2ccccc2)ccc1N1C(=O)Nc2c(C(=O)NC3CCC[C@H]3N(C)C)sc3nccc1c23. The van der Waals surface area contributed by atoms with Crippen LogP contribution in [0, 0.1) is 6.92 Å². The number of ether oxygens (including phenoxy) is 1. The van der Waals surface area contributed by atoms with E-state index < -0.39 is 0 Å². The molecule has 0 radical (unpaired) electrons. The van der Waals surface area contributed by atoms with Crippen LogP contribution >= 0.6 is 11.3 Å². The van der Waals surface area contributed by atoms with Gasteiger partial charge >= 0.3 is 6.03 Å². The van der Waals surface area contributed by atoms with E-state index >= 15 is 0 Å². The molecule has 0 bridgehead atoms. The van der Waals surface area contributed by atoms with Gasteiger partial charge in [-0.1, -0.05) is 18.2 Å². The summed E-state index contributed by atoms with van der Waals surface area (Å²) in [4.78, 5) is 36.5. The smallest absolute Gasteiger partial charge is 0.331 e. The summed E-state index contributed by atoms with van der Waals surface area (Å²) in [5.74, 6) is 1.27. The number of likely N-dealkylation sites (N-methyl/N-ethyl adjacent to an activating group) is 1. The third kappa shape index (κ3) is 4.27. The molecule has 3 amide bonds. The summed E-state index contributed by atoms with van der Waals surface area (Å²) in [6.45, 7) is 1.95. The largest absolute Gasteiger partial charge is 0.457 e. The lowest BCUT2D eigenvalue weighted by Gasteiger charge is -2.30. The molecule has 2 aliphatic rings. The minimum absolute atomic E-state index is 0.0809. The van der Waals surface area contributed by atoms with Gasteiger partial charge in [0.15, 0.2) is 0 Å². The van der Waals surface area contributed by atoms with Crippen LogP contribution in [-0.4, -0.2) is 48.0 Å². The zero-order valence-corrected chi connectivity index (χ0v) is 22.3. The van der Waals surface area contributed by atoms with E-state index in [2.05, 4.69) is 20.5 Å². The minimum atomic E-state index is -0.315. The van der Waals surface area contributed by atoms with Crippen molar-refractivity contribution in [3.05, 3.63) is 71.2 Å². The summed E-state index contributed by atoms with van der Waals surface area (Å²) in [7, 11) is 4.09. The van der Waals surface area contributed by atoms with Gasteiger partial charge in [-0.2, -0.15) is 0 Å². The fraction of sp³-hybridized carbons (Fsp3) is 0.276. The predicted octanol–water partition coefficient (Wildman–Crippen LogP) is 6.29. The fourth-order valence-corrected chi connectivity index (χ4v) is 6.53. The quantitative estimate of drug-likeness (QED) is 0.308. The summed E-state index contributed by atoms with van der Waals surface area (Å²) >= 11 is 1.31. The van der Waals surface area contributed by atoms with E-state index in [-0.39, 0.29) is 18.0 Å². The molecule has 2 aromatic heterocycles. The Morgan fingerprint density at radius 3 is 2.68 bits per heavy atom. The Morgan fingerprint density at radius 2 is 1.92 bits per heavy atom. The van der Waals surface area contributed by atoms with Gasteiger partial charge in [0, 0.05) is 18.3 Å². The Kier molecular flexibility index (Phi) is 6.25. The Bertz CT molecular complexity index is 1530. The van der Waals surface area contributed by atoms with Gasteiger partial charge in [0.1, 0.15) is 21.2 Å². The van der Waals surface area contributed by atoms with Crippen LogP contribution in [0.25, 0.3) is 10.2 Å². The molecule has 4 aromatic rings. The van der Waals surface area contributed by atoms with Crippen molar-refractivity contribution in [1.29, 1.82) is 0 Å². The first kappa shape index (κ1) is 24.4. The van der Waals surface area contributed by atoms with Crippen molar-refractivity contribution in [2.24, 2.45) is 0 Å². The lowest BCUT2D eigenvalue weighted by atomic mass is 10.1. The highest BCUT2D eigenvalue weighted by molar-refractivity contribution is 7.21. The molecule has 1 aliphatic carbocycles. The Balaban J connectivity index is 1.33. The van der Waals surface area contributed by atoms with Crippen molar-refractivity contribution in [3.8, 4) is 11.5 Å². The van der Waals surface area contributed by atoms with Gasteiger partial charge in [-0.05, 0) is 82.2 Å². The maximum absolute atomic E-state index is 13.5. The summed E-state index contributed by atoms with van der Waals surface area (Å²) in [6, 6.07) is 17.1. The highest BCUT2D eigenvalue weighted by Crippen LogP contribution is 2.46. The number of urea groups is 1. The number of para-hydroxylation sites is 1. The van der Waals surface area contributed by atoms with Crippen molar-refractivity contribution in [2.45, 2.75) is 38.3 Å². The molecule has 0 saturated heterocycles. The minimum Gasteiger partial charge on any atom is -0.457 e. The third-order valence-electron chi connectivity index (χ3n) is 7.30. The van der Waals surface area contributed by atoms with E-state index in [1.54, 1.807) is 11.1 Å². The van der Waals surface area contributed by atoms with Gasteiger partial charge in [-0.15, -0.1) is 11.3 Å². The Hall–Kier alpha value is -3.95. The monoisotopic (exact) mass is 527 g/mol. The van der Waals surface area contributed by atoms with Crippen LogP contribution in [0.5, 0.6) is 11.5 Å². The number of carbonyl (C=O) groups is 2.